The van der Waals surface area contributed by atoms with Crippen LogP contribution in [0.1, 0.15) is 47.8 Å². The maximum atomic E-state index is 13.3. The minimum absolute atomic E-state index is 0.00222. The van der Waals surface area contributed by atoms with Crippen molar-refractivity contribution in [2.75, 3.05) is 31.6 Å². The minimum Gasteiger partial charge on any atom is -0.497 e. The number of carbonyl (C=O) groups is 1. The molecule has 4 heterocycles. The molecule has 5 rings (SSSR count). The second-order valence-electron chi connectivity index (χ2n) is 8.02. The topological polar surface area (TPSA) is 87.2 Å². The summed E-state index contributed by atoms with van der Waals surface area (Å²) in [6.45, 7) is 2.70. The van der Waals surface area contributed by atoms with Crippen LogP contribution < -0.4 is 9.64 Å². The molecule has 2 aliphatic rings. The normalized spacial score (nSPS) is 18.5. The van der Waals surface area contributed by atoms with Crippen LogP contribution in [0.15, 0.2) is 42.7 Å². The van der Waals surface area contributed by atoms with Crippen LogP contribution in [0.25, 0.3) is 11.3 Å². The van der Waals surface area contributed by atoms with E-state index in [0.717, 1.165) is 48.8 Å². The first-order chi connectivity index (χ1) is 15.2. The first kappa shape index (κ1) is 19.5. The summed E-state index contributed by atoms with van der Waals surface area (Å²) in [5.41, 5.74) is 3.32. The quantitative estimate of drug-likeness (QED) is 0.683. The fourth-order valence-corrected chi connectivity index (χ4v) is 4.55. The number of carbonyl (C=O) groups excluding carboxylic acids is 1. The summed E-state index contributed by atoms with van der Waals surface area (Å²) in [4.78, 5) is 26.7. The highest BCUT2D eigenvalue weighted by atomic mass is 16.5. The van der Waals surface area contributed by atoms with E-state index in [2.05, 4.69) is 20.1 Å². The lowest BCUT2D eigenvalue weighted by atomic mass is 10.0. The lowest BCUT2D eigenvalue weighted by Crippen LogP contribution is -2.31. The van der Waals surface area contributed by atoms with Gasteiger partial charge >= 0.3 is 0 Å². The number of benzene rings is 1. The van der Waals surface area contributed by atoms with E-state index in [1.165, 1.54) is 12.8 Å². The van der Waals surface area contributed by atoms with E-state index in [1.54, 1.807) is 25.6 Å². The summed E-state index contributed by atoms with van der Waals surface area (Å²) < 4.78 is 5.29. The Bertz CT molecular complexity index is 1080. The summed E-state index contributed by atoms with van der Waals surface area (Å²) in [6, 6.07) is 9.16. The van der Waals surface area contributed by atoms with E-state index in [-0.39, 0.29) is 11.9 Å². The Morgan fingerprint density at radius 2 is 2.03 bits per heavy atom. The minimum atomic E-state index is -0.0681. The van der Waals surface area contributed by atoms with E-state index < -0.39 is 0 Å². The van der Waals surface area contributed by atoms with Gasteiger partial charge in [0.25, 0.3) is 5.91 Å². The number of rotatable bonds is 5. The number of likely N-dealkylation sites (tertiary alicyclic amines) is 1. The maximum absolute atomic E-state index is 13.3. The molecule has 2 aromatic heterocycles. The number of anilines is 1. The van der Waals surface area contributed by atoms with Crippen molar-refractivity contribution in [3.05, 3.63) is 54.0 Å². The average molecular weight is 419 g/mol. The van der Waals surface area contributed by atoms with Crippen molar-refractivity contribution in [3.63, 3.8) is 0 Å². The molecular formula is C23H26N6O2. The van der Waals surface area contributed by atoms with Crippen LogP contribution in [0.4, 0.5) is 5.95 Å². The molecule has 8 nitrogen and oxygen atoms in total. The molecule has 2 fully saturated rings. The van der Waals surface area contributed by atoms with Gasteiger partial charge in [0.1, 0.15) is 5.75 Å². The molecule has 1 amide bonds. The lowest BCUT2D eigenvalue weighted by Gasteiger charge is -2.25. The number of aromatic nitrogens is 4. The summed E-state index contributed by atoms with van der Waals surface area (Å²) >= 11 is 0. The van der Waals surface area contributed by atoms with Gasteiger partial charge in [0.2, 0.25) is 5.95 Å². The average Bonchev–Trinajstić information content (AvgIpc) is 3.59. The van der Waals surface area contributed by atoms with Crippen LogP contribution in [0, 0.1) is 0 Å². The van der Waals surface area contributed by atoms with Crippen molar-refractivity contribution < 1.29 is 9.53 Å². The van der Waals surface area contributed by atoms with Gasteiger partial charge in [-0.2, -0.15) is 5.10 Å². The first-order valence-corrected chi connectivity index (χ1v) is 10.8. The van der Waals surface area contributed by atoms with Gasteiger partial charge in [-0.15, -0.1) is 0 Å². The lowest BCUT2D eigenvalue weighted by molar-refractivity contribution is 0.0733. The third kappa shape index (κ3) is 3.73. The van der Waals surface area contributed by atoms with Gasteiger partial charge in [-0.3, -0.25) is 9.89 Å². The van der Waals surface area contributed by atoms with E-state index >= 15 is 0 Å². The fraction of sp³-hybridized carbons (Fsp3) is 0.391. The van der Waals surface area contributed by atoms with Crippen LogP contribution in [0.3, 0.4) is 0 Å². The molecule has 0 spiro atoms. The van der Waals surface area contributed by atoms with E-state index in [1.807, 2.05) is 29.2 Å². The Morgan fingerprint density at radius 1 is 1.16 bits per heavy atom. The number of hydrogen-bond acceptors (Lipinski definition) is 6. The van der Waals surface area contributed by atoms with Gasteiger partial charge in [-0.05, 0) is 49.9 Å². The van der Waals surface area contributed by atoms with Crippen LogP contribution in [0.5, 0.6) is 5.75 Å². The predicted octanol–water partition coefficient (Wildman–Crippen LogP) is 3.45. The van der Waals surface area contributed by atoms with Gasteiger partial charge in [-0.25, -0.2) is 9.97 Å². The molecule has 0 bridgehead atoms. The molecule has 1 aromatic carbocycles. The van der Waals surface area contributed by atoms with Gasteiger partial charge in [0.15, 0.2) is 0 Å². The van der Waals surface area contributed by atoms with Crippen molar-refractivity contribution in [1.29, 1.82) is 0 Å². The molecule has 2 aliphatic heterocycles. The number of methoxy groups -OCH3 is 1. The standard InChI is InChI=1S/C23H26N6O2/c1-31-17-7-4-6-16(14-17)22(30)29-13-5-8-20(29)21-18(15-25-27-21)19-9-10-24-23(26-19)28-11-2-3-12-28/h4,6-7,9-10,14-15,20H,2-3,5,8,11-13H2,1H3,(H,25,27)/t20-/m1/s1. The Hall–Kier alpha value is -3.42. The first-order valence-electron chi connectivity index (χ1n) is 10.8. The monoisotopic (exact) mass is 418 g/mol. The predicted molar refractivity (Wildman–Crippen MR) is 117 cm³/mol. The SMILES string of the molecule is COc1cccc(C(=O)N2CCC[C@@H]2c2[nH]ncc2-c2ccnc(N3CCCC3)n2)c1. The van der Waals surface area contributed by atoms with Crippen LogP contribution in [0.2, 0.25) is 0 Å². The van der Waals surface area contributed by atoms with Crippen molar-refractivity contribution in [2.45, 2.75) is 31.7 Å². The number of amides is 1. The molecule has 160 valence electrons. The van der Waals surface area contributed by atoms with Gasteiger partial charge in [0, 0.05) is 37.0 Å². The second-order valence-corrected chi connectivity index (χ2v) is 8.02. The zero-order valence-corrected chi connectivity index (χ0v) is 17.6. The van der Waals surface area contributed by atoms with Crippen molar-refractivity contribution in [2.24, 2.45) is 0 Å². The van der Waals surface area contributed by atoms with Crippen molar-refractivity contribution >= 4 is 11.9 Å². The fourth-order valence-electron chi connectivity index (χ4n) is 4.55. The molecule has 1 atom stereocenters. The number of nitrogens with zero attached hydrogens (tertiary/aromatic N) is 5. The molecule has 8 heteroatoms. The summed E-state index contributed by atoms with van der Waals surface area (Å²) in [7, 11) is 1.61. The number of aromatic amines is 1. The molecule has 3 aromatic rings. The van der Waals surface area contributed by atoms with E-state index in [9.17, 15) is 4.79 Å². The molecular weight excluding hydrogens is 392 g/mol. The van der Waals surface area contributed by atoms with Crippen LogP contribution in [-0.4, -0.2) is 57.7 Å². The molecule has 0 unspecified atom stereocenters. The second kappa shape index (κ2) is 8.37. The summed E-state index contributed by atoms with van der Waals surface area (Å²) in [5, 5.41) is 7.46. The molecule has 31 heavy (non-hydrogen) atoms. The molecule has 2 saturated heterocycles. The highest BCUT2D eigenvalue weighted by Gasteiger charge is 2.34. The Kier molecular flexibility index (Phi) is 5.28. The third-order valence-electron chi connectivity index (χ3n) is 6.14. The highest BCUT2D eigenvalue weighted by molar-refractivity contribution is 5.95. The molecule has 1 N–H and O–H groups in total. The van der Waals surface area contributed by atoms with Gasteiger partial charge < -0.3 is 14.5 Å². The molecule has 0 radical (unpaired) electrons. The Balaban J connectivity index is 1.44. The Labute approximate surface area is 181 Å². The largest absolute Gasteiger partial charge is 0.497 e. The van der Waals surface area contributed by atoms with Crippen LogP contribution in [-0.2, 0) is 0 Å². The molecule has 0 saturated carbocycles. The number of H-pyrrole nitrogens is 1. The summed E-state index contributed by atoms with van der Waals surface area (Å²) in [5.74, 6) is 1.44. The number of hydrogen-bond donors (Lipinski definition) is 1. The van der Waals surface area contributed by atoms with Crippen molar-refractivity contribution in [3.8, 4) is 17.0 Å². The number of nitrogens with one attached hydrogen (secondary N) is 1. The third-order valence-corrected chi connectivity index (χ3v) is 6.14. The Morgan fingerprint density at radius 3 is 2.87 bits per heavy atom. The van der Waals surface area contributed by atoms with Gasteiger partial charge in [0.05, 0.1) is 30.7 Å². The van der Waals surface area contributed by atoms with E-state index in [4.69, 9.17) is 9.72 Å². The zero-order valence-electron chi connectivity index (χ0n) is 17.6. The summed E-state index contributed by atoms with van der Waals surface area (Å²) in [6.07, 6.45) is 7.79. The molecule has 0 aliphatic carbocycles. The maximum Gasteiger partial charge on any atom is 0.254 e. The van der Waals surface area contributed by atoms with Gasteiger partial charge in [-0.1, -0.05) is 6.07 Å². The van der Waals surface area contributed by atoms with Crippen molar-refractivity contribution in [1.82, 2.24) is 25.1 Å². The highest BCUT2D eigenvalue weighted by Crippen LogP contribution is 2.37. The zero-order chi connectivity index (χ0) is 21.2. The van der Waals surface area contributed by atoms with E-state index in [0.29, 0.717) is 17.9 Å². The smallest absolute Gasteiger partial charge is 0.254 e. The number of ether oxygens (including phenoxy) is 1. The van der Waals surface area contributed by atoms with Crippen LogP contribution >= 0.6 is 0 Å².